The number of carbonyl (C=O) groups excluding carboxylic acids is 1. The van der Waals surface area contributed by atoms with E-state index in [1.54, 1.807) is 18.2 Å². The molecule has 1 aromatic carbocycles. The van der Waals surface area contributed by atoms with Crippen LogP contribution in [-0.4, -0.2) is 16.1 Å². The van der Waals surface area contributed by atoms with Crippen LogP contribution in [-0.2, 0) is 17.6 Å². The van der Waals surface area contributed by atoms with E-state index in [1.807, 2.05) is 13.0 Å². The summed E-state index contributed by atoms with van der Waals surface area (Å²) in [6.45, 7) is 1.93. The first-order valence-corrected chi connectivity index (χ1v) is 10.0. The maximum Gasteiger partial charge on any atom is 0.237 e. The molecule has 1 aromatic heterocycles. The number of fused-ring (bicyclic) bond motifs is 1. The highest BCUT2D eigenvalue weighted by atomic mass is 35.5. The molecule has 3 rings (SSSR count). The molecule has 134 valence electrons. The number of hydrogen-bond acceptors (Lipinski definition) is 4. The third-order valence-electron chi connectivity index (χ3n) is 4.26. The van der Waals surface area contributed by atoms with E-state index in [0.717, 1.165) is 30.5 Å². The molecule has 0 radical (unpaired) electrons. The molecule has 0 aliphatic heterocycles. The van der Waals surface area contributed by atoms with Crippen molar-refractivity contribution < 1.29 is 4.79 Å². The molecule has 1 unspecified atom stereocenters. The lowest BCUT2D eigenvalue weighted by molar-refractivity contribution is -0.115. The molecule has 1 amide bonds. The van der Waals surface area contributed by atoms with Gasteiger partial charge in [0, 0.05) is 5.69 Å². The number of amides is 1. The number of benzene rings is 1. The molecule has 1 aliphatic rings. The van der Waals surface area contributed by atoms with Crippen LogP contribution >= 0.6 is 35.0 Å². The summed E-state index contributed by atoms with van der Waals surface area (Å²) >= 11 is 13.5. The van der Waals surface area contributed by atoms with Gasteiger partial charge in [-0.15, -0.1) is 0 Å². The molecule has 1 heterocycles. The molecule has 2 aromatic rings. The van der Waals surface area contributed by atoms with Crippen LogP contribution in [0.5, 0.6) is 0 Å². The van der Waals surface area contributed by atoms with Gasteiger partial charge in [0.2, 0.25) is 5.91 Å². The third-order valence-corrected chi connectivity index (χ3v) is 6.45. The number of aryl methyl sites for hydroxylation is 2. The van der Waals surface area contributed by atoms with E-state index in [2.05, 4.69) is 16.4 Å². The Balaban J connectivity index is 1.80. The summed E-state index contributed by atoms with van der Waals surface area (Å²) in [5.41, 5.74) is 3.20. The van der Waals surface area contributed by atoms with Crippen molar-refractivity contribution in [2.45, 2.75) is 42.9 Å². The smallest absolute Gasteiger partial charge is 0.237 e. The lowest BCUT2D eigenvalue weighted by Crippen LogP contribution is -2.25. The average Bonchev–Trinajstić information content (AvgIpc) is 3.09. The number of hydrogen-bond donors (Lipinski definition) is 1. The van der Waals surface area contributed by atoms with E-state index in [0.29, 0.717) is 32.7 Å². The minimum absolute atomic E-state index is 0.187. The number of rotatable bonds is 5. The Bertz CT molecular complexity index is 895. The van der Waals surface area contributed by atoms with E-state index in [1.165, 1.54) is 11.8 Å². The van der Waals surface area contributed by atoms with Crippen molar-refractivity contribution in [3.63, 3.8) is 0 Å². The van der Waals surface area contributed by atoms with Gasteiger partial charge in [-0.05, 0) is 49.4 Å². The molecular formula is C19H17Cl2N3OS. The van der Waals surface area contributed by atoms with Crippen molar-refractivity contribution in [2.75, 3.05) is 5.32 Å². The molecule has 1 aliphatic carbocycles. The molecule has 0 bridgehead atoms. The van der Waals surface area contributed by atoms with Gasteiger partial charge in [0.1, 0.15) is 11.1 Å². The third kappa shape index (κ3) is 3.98. The summed E-state index contributed by atoms with van der Waals surface area (Å²) in [5.74, 6) is -0.187. The highest BCUT2D eigenvalue weighted by Gasteiger charge is 2.23. The van der Waals surface area contributed by atoms with Gasteiger partial charge in [0.15, 0.2) is 0 Å². The van der Waals surface area contributed by atoms with Crippen LogP contribution in [0.15, 0.2) is 29.3 Å². The highest BCUT2D eigenvalue weighted by molar-refractivity contribution is 8.00. The molecule has 7 heteroatoms. The number of anilines is 1. The second-order valence-corrected chi connectivity index (χ2v) is 7.99. The summed E-state index contributed by atoms with van der Waals surface area (Å²) in [6, 6.07) is 9.22. The Kier molecular flexibility index (Phi) is 6.08. The molecular weight excluding hydrogens is 389 g/mol. The summed E-state index contributed by atoms with van der Waals surface area (Å²) in [5, 5.41) is 13.2. The first-order valence-electron chi connectivity index (χ1n) is 8.38. The van der Waals surface area contributed by atoms with E-state index >= 15 is 0 Å². The molecule has 4 nitrogen and oxygen atoms in total. The first-order chi connectivity index (χ1) is 12.5. The van der Waals surface area contributed by atoms with E-state index in [4.69, 9.17) is 23.2 Å². The van der Waals surface area contributed by atoms with Crippen molar-refractivity contribution >= 4 is 46.6 Å². The van der Waals surface area contributed by atoms with Gasteiger partial charge in [-0.25, -0.2) is 4.98 Å². The maximum absolute atomic E-state index is 12.7. The van der Waals surface area contributed by atoms with Crippen LogP contribution in [0.3, 0.4) is 0 Å². The number of pyridine rings is 1. The van der Waals surface area contributed by atoms with Gasteiger partial charge in [0.25, 0.3) is 0 Å². The van der Waals surface area contributed by atoms with Gasteiger partial charge in [-0.1, -0.05) is 48.0 Å². The monoisotopic (exact) mass is 405 g/mol. The predicted molar refractivity (Wildman–Crippen MR) is 106 cm³/mol. The van der Waals surface area contributed by atoms with Crippen molar-refractivity contribution in [3.05, 3.63) is 51.1 Å². The topological polar surface area (TPSA) is 65.8 Å². The number of halogens is 2. The number of nitriles is 1. The van der Waals surface area contributed by atoms with Gasteiger partial charge < -0.3 is 5.32 Å². The minimum atomic E-state index is -0.385. The normalized spacial score (nSPS) is 13.8. The molecule has 0 saturated carbocycles. The number of carbonyl (C=O) groups is 1. The van der Waals surface area contributed by atoms with Crippen LogP contribution in [0.4, 0.5) is 5.69 Å². The van der Waals surface area contributed by atoms with Gasteiger partial charge in [-0.2, -0.15) is 5.26 Å². The van der Waals surface area contributed by atoms with Gasteiger partial charge in [0.05, 0.1) is 26.5 Å². The lowest BCUT2D eigenvalue weighted by atomic mass is 10.2. The highest BCUT2D eigenvalue weighted by Crippen LogP contribution is 2.33. The maximum atomic E-state index is 12.7. The van der Waals surface area contributed by atoms with E-state index in [-0.39, 0.29) is 11.2 Å². The zero-order valence-corrected chi connectivity index (χ0v) is 16.5. The molecule has 26 heavy (non-hydrogen) atoms. The number of thioether (sulfide) groups is 1. The summed E-state index contributed by atoms with van der Waals surface area (Å²) in [6.07, 6.45) is 3.55. The molecule has 0 saturated heterocycles. The van der Waals surface area contributed by atoms with Crippen LogP contribution in [0, 0.1) is 11.3 Å². The fourth-order valence-corrected chi connectivity index (χ4v) is 4.24. The average molecular weight is 406 g/mol. The first kappa shape index (κ1) is 19.0. The van der Waals surface area contributed by atoms with Crippen LogP contribution in [0.1, 0.15) is 36.6 Å². The Morgan fingerprint density at radius 3 is 2.96 bits per heavy atom. The second-order valence-electron chi connectivity index (χ2n) is 6.02. The quantitative estimate of drug-likeness (QED) is 0.688. The van der Waals surface area contributed by atoms with Crippen LogP contribution in [0.2, 0.25) is 10.0 Å². The van der Waals surface area contributed by atoms with E-state index < -0.39 is 0 Å². The molecule has 0 spiro atoms. The second kappa shape index (κ2) is 8.30. The summed E-state index contributed by atoms with van der Waals surface area (Å²) < 4.78 is 0. The number of aromatic nitrogens is 1. The fourth-order valence-electron chi connectivity index (χ4n) is 2.89. The van der Waals surface area contributed by atoms with E-state index in [9.17, 15) is 10.1 Å². The summed E-state index contributed by atoms with van der Waals surface area (Å²) in [4.78, 5) is 17.3. The zero-order chi connectivity index (χ0) is 18.7. The Hall–Kier alpha value is -1.74. The minimum Gasteiger partial charge on any atom is -0.324 e. The van der Waals surface area contributed by atoms with Crippen molar-refractivity contribution in [1.29, 1.82) is 5.26 Å². The SMILES string of the molecule is CCC(Sc1nc2c(cc1C#N)CCC2)C(=O)Nc1cccc(Cl)c1Cl. The number of nitrogens with one attached hydrogen (secondary N) is 1. The molecule has 1 N–H and O–H groups in total. The lowest BCUT2D eigenvalue weighted by Gasteiger charge is -2.16. The van der Waals surface area contributed by atoms with Crippen LogP contribution < -0.4 is 5.32 Å². The number of nitrogens with zero attached hydrogens (tertiary/aromatic N) is 2. The molecule has 0 fully saturated rings. The Morgan fingerprint density at radius 2 is 2.23 bits per heavy atom. The molecule has 1 atom stereocenters. The summed E-state index contributed by atoms with van der Waals surface area (Å²) in [7, 11) is 0. The Morgan fingerprint density at radius 1 is 1.42 bits per heavy atom. The Labute approximate surface area is 166 Å². The predicted octanol–water partition coefficient (Wildman–Crippen LogP) is 5.26. The fraction of sp³-hybridized carbons (Fsp3) is 0.316. The van der Waals surface area contributed by atoms with Crippen molar-refractivity contribution in [2.24, 2.45) is 0 Å². The van der Waals surface area contributed by atoms with Gasteiger partial charge in [-0.3, -0.25) is 4.79 Å². The van der Waals surface area contributed by atoms with Crippen molar-refractivity contribution in [1.82, 2.24) is 4.98 Å². The van der Waals surface area contributed by atoms with Crippen molar-refractivity contribution in [3.8, 4) is 6.07 Å². The van der Waals surface area contributed by atoms with Crippen LogP contribution in [0.25, 0.3) is 0 Å². The largest absolute Gasteiger partial charge is 0.324 e. The standard InChI is InChI=1S/C19H17Cl2N3OS/c1-2-16(18(25)23-15-8-4-6-13(20)17(15)21)26-19-12(10-22)9-11-5-3-7-14(11)24-19/h4,6,8-9,16H,2-3,5,7H2,1H3,(H,23,25). The zero-order valence-electron chi connectivity index (χ0n) is 14.2. The van der Waals surface area contributed by atoms with Gasteiger partial charge >= 0.3 is 0 Å².